The summed E-state index contributed by atoms with van der Waals surface area (Å²) >= 11 is 5.93. The first kappa shape index (κ1) is 15.2. The molecule has 0 saturated carbocycles. The summed E-state index contributed by atoms with van der Waals surface area (Å²) in [6.07, 6.45) is 0. The third-order valence-electron chi connectivity index (χ3n) is 2.95. The van der Waals surface area contributed by atoms with Crippen LogP contribution in [0.1, 0.15) is 18.5 Å². The van der Waals surface area contributed by atoms with E-state index in [1.54, 1.807) is 30.3 Å². The molecule has 0 aliphatic heterocycles. The first-order valence-corrected chi connectivity index (χ1v) is 6.95. The number of benzene rings is 2. The molecule has 0 fully saturated rings. The molecule has 0 radical (unpaired) electrons. The molecule has 1 unspecified atom stereocenters. The zero-order valence-corrected chi connectivity index (χ0v) is 12.4. The van der Waals surface area contributed by atoms with Gasteiger partial charge in [-0.25, -0.2) is 0 Å². The largest absolute Gasteiger partial charge is 0.484 e. The molecular weight excluding hydrogens is 288 g/mol. The van der Waals surface area contributed by atoms with E-state index in [0.717, 1.165) is 5.56 Å². The number of hydrogen-bond donors (Lipinski definition) is 2. The highest BCUT2D eigenvalue weighted by Crippen LogP contribution is 2.17. The molecule has 21 heavy (non-hydrogen) atoms. The molecule has 0 saturated heterocycles. The third-order valence-corrected chi connectivity index (χ3v) is 3.19. The Morgan fingerprint density at radius 2 is 2.05 bits per heavy atom. The number of nitrogen functional groups attached to an aromatic ring is 1. The van der Waals surface area contributed by atoms with E-state index in [0.29, 0.717) is 16.5 Å². The van der Waals surface area contributed by atoms with Gasteiger partial charge in [-0.05, 0) is 36.8 Å². The minimum absolute atomic E-state index is 0.0612. The fourth-order valence-corrected chi connectivity index (χ4v) is 2.09. The van der Waals surface area contributed by atoms with Gasteiger partial charge in [-0.15, -0.1) is 0 Å². The lowest BCUT2D eigenvalue weighted by molar-refractivity contribution is -0.123. The summed E-state index contributed by atoms with van der Waals surface area (Å²) in [4.78, 5) is 11.9. The number of ether oxygens (including phenoxy) is 1. The molecule has 0 aliphatic rings. The zero-order chi connectivity index (χ0) is 15.2. The lowest BCUT2D eigenvalue weighted by atomic mass is 10.1. The zero-order valence-electron chi connectivity index (χ0n) is 11.7. The molecular formula is C16H17ClN2O2. The summed E-state index contributed by atoms with van der Waals surface area (Å²) in [5, 5.41) is 3.50. The van der Waals surface area contributed by atoms with E-state index in [1.165, 1.54) is 0 Å². The second-order valence-electron chi connectivity index (χ2n) is 4.71. The van der Waals surface area contributed by atoms with Gasteiger partial charge < -0.3 is 15.8 Å². The fourth-order valence-electron chi connectivity index (χ4n) is 1.90. The number of anilines is 1. The van der Waals surface area contributed by atoms with E-state index in [2.05, 4.69) is 5.32 Å². The molecule has 2 aromatic rings. The summed E-state index contributed by atoms with van der Waals surface area (Å²) in [5.41, 5.74) is 7.18. The third kappa shape index (κ3) is 4.68. The highest BCUT2D eigenvalue weighted by molar-refractivity contribution is 6.30. The average molecular weight is 305 g/mol. The van der Waals surface area contributed by atoms with Gasteiger partial charge in [0, 0.05) is 16.8 Å². The summed E-state index contributed by atoms with van der Waals surface area (Å²) in [6.45, 7) is 1.83. The Labute approximate surface area is 128 Å². The number of halogens is 1. The van der Waals surface area contributed by atoms with Crippen LogP contribution in [0.2, 0.25) is 5.02 Å². The fraction of sp³-hybridized carbons (Fsp3) is 0.188. The van der Waals surface area contributed by atoms with Gasteiger partial charge >= 0.3 is 0 Å². The summed E-state index contributed by atoms with van der Waals surface area (Å²) in [7, 11) is 0. The maximum absolute atomic E-state index is 11.9. The monoisotopic (exact) mass is 304 g/mol. The Kier molecular flexibility index (Phi) is 5.06. The van der Waals surface area contributed by atoms with Crippen molar-refractivity contribution in [2.75, 3.05) is 12.3 Å². The van der Waals surface area contributed by atoms with Crippen LogP contribution in [0.15, 0.2) is 48.5 Å². The van der Waals surface area contributed by atoms with Gasteiger partial charge in [-0.3, -0.25) is 4.79 Å². The molecule has 110 valence electrons. The Hall–Kier alpha value is -2.20. The SMILES string of the molecule is CC(NC(=O)COc1cccc(N)c1)c1cccc(Cl)c1. The van der Waals surface area contributed by atoms with Gasteiger partial charge in [-0.1, -0.05) is 29.8 Å². The lowest BCUT2D eigenvalue weighted by Crippen LogP contribution is -2.31. The molecule has 3 N–H and O–H groups in total. The Morgan fingerprint density at radius 1 is 1.29 bits per heavy atom. The minimum atomic E-state index is -0.204. The van der Waals surface area contributed by atoms with Crippen molar-refractivity contribution in [2.45, 2.75) is 13.0 Å². The van der Waals surface area contributed by atoms with Crippen molar-refractivity contribution in [3.63, 3.8) is 0 Å². The number of nitrogens with one attached hydrogen (secondary N) is 1. The van der Waals surface area contributed by atoms with E-state index < -0.39 is 0 Å². The van der Waals surface area contributed by atoms with Crippen molar-refractivity contribution in [3.8, 4) is 5.75 Å². The summed E-state index contributed by atoms with van der Waals surface area (Å²) in [6, 6.07) is 14.2. The molecule has 0 spiro atoms. The van der Waals surface area contributed by atoms with Gasteiger partial charge in [-0.2, -0.15) is 0 Å². The molecule has 1 atom stereocenters. The number of hydrogen-bond acceptors (Lipinski definition) is 3. The molecule has 0 aliphatic carbocycles. The van der Waals surface area contributed by atoms with Gasteiger partial charge in [0.2, 0.25) is 0 Å². The molecule has 0 bridgehead atoms. The van der Waals surface area contributed by atoms with E-state index in [4.69, 9.17) is 22.1 Å². The molecule has 2 aromatic carbocycles. The van der Waals surface area contributed by atoms with E-state index >= 15 is 0 Å². The van der Waals surface area contributed by atoms with E-state index in [-0.39, 0.29) is 18.6 Å². The molecule has 4 nitrogen and oxygen atoms in total. The first-order chi connectivity index (χ1) is 10.0. The maximum atomic E-state index is 11.9. The van der Waals surface area contributed by atoms with Crippen molar-refractivity contribution in [2.24, 2.45) is 0 Å². The molecule has 2 rings (SSSR count). The number of rotatable bonds is 5. The van der Waals surface area contributed by atoms with Crippen LogP contribution in [-0.4, -0.2) is 12.5 Å². The van der Waals surface area contributed by atoms with Crippen LogP contribution >= 0.6 is 11.6 Å². The maximum Gasteiger partial charge on any atom is 0.258 e. The van der Waals surface area contributed by atoms with Crippen LogP contribution in [0, 0.1) is 0 Å². The van der Waals surface area contributed by atoms with Crippen LogP contribution in [0.25, 0.3) is 0 Å². The normalized spacial score (nSPS) is 11.7. The Bertz CT molecular complexity index is 631. The van der Waals surface area contributed by atoms with Crippen LogP contribution in [0.4, 0.5) is 5.69 Å². The Morgan fingerprint density at radius 3 is 2.76 bits per heavy atom. The van der Waals surface area contributed by atoms with Crippen molar-refractivity contribution in [3.05, 3.63) is 59.1 Å². The van der Waals surface area contributed by atoms with Gasteiger partial charge in [0.25, 0.3) is 5.91 Å². The summed E-state index contributed by atoms with van der Waals surface area (Å²) < 4.78 is 5.39. The van der Waals surface area contributed by atoms with Gasteiger partial charge in [0.15, 0.2) is 6.61 Å². The molecule has 5 heteroatoms. The van der Waals surface area contributed by atoms with Crippen LogP contribution in [0.3, 0.4) is 0 Å². The quantitative estimate of drug-likeness (QED) is 0.834. The molecule has 0 aromatic heterocycles. The van der Waals surface area contributed by atoms with Crippen molar-refractivity contribution < 1.29 is 9.53 Å². The predicted molar refractivity (Wildman–Crippen MR) is 84.4 cm³/mol. The van der Waals surface area contributed by atoms with Gasteiger partial charge in [0.1, 0.15) is 5.75 Å². The van der Waals surface area contributed by atoms with Crippen LogP contribution in [0.5, 0.6) is 5.75 Å². The molecule has 0 heterocycles. The lowest BCUT2D eigenvalue weighted by Gasteiger charge is -2.15. The molecule has 1 amide bonds. The number of amides is 1. The van der Waals surface area contributed by atoms with E-state index in [1.807, 2.05) is 25.1 Å². The number of nitrogens with two attached hydrogens (primary N) is 1. The Balaban J connectivity index is 1.87. The van der Waals surface area contributed by atoms with Crippen LogP contribution in [-0.2, 0) is 4.79 Å². The standard InChI is InChI=1S/C16H17ClN2O2/c1-11(12-4-2-5-13(17)8-12)19-16(20)10-21-15-7-3-6-14(18)9-15/h2-9,11H,10,18H2,1H3,(H,19,20). The highest BCUT2D eigenvalue weighted by Gasteiger charge is 2.10. The van der Waals surface area contributed by atoms with Crippen LogP contribution < -0.4 is 15.8 Å². The average Bonchev–Trinajstić information content (AvgIpc) is 2.45. The summed E-state index contributed by atoms with van der Waals surface area (Å²) in [5.74, 6) is 0.366. The second kappa shape index (κ2) is 6.99. The number of carbonyl (C=O) groups excluding carboxylic acids is 1. The van der Waals surface area contributed by atoms with Crippen molar-refractivity contribution in [1.29, 1.82) is 0 Å². The topological polar surface area (TPSA) is 64.3 Å². The predicted octanol–water partition coefficient (Wildman–Crippen LogP) is 3.18. The van der Waals surface area contributed by atoms with Gasteiger partial charge in [0.05, 0.1) is 6.04 Å². The van der Waals surface area contributed by atoms with Crippen molar-refractivity contribution >= 4 is 23.2 Å². The smallest absolute Gasteiger partial charge is 0.258 e. The van der Waals surface area contributed by atoms with Crippen molar-refractivity contribution in [1.82, 2.24) is 5.32 Å². The number of carbonyl (C=O) groups is 1. The minimum Gasteiger partial charge on any atom is -0.484 e. The first-order valence-electron chi connectivity index (χ1n) is 6.58. The second-order valence-corrected chi connectivity index (χ2v) is 5.14. The highest BCUT2D eigenvalue weighted by atomic mass is 35.5. The van der Waals surface area contributed by atoms with E-state index in [9.17, 15) is 4.79 Å².